The predicted molar refractivity (Wildman–Crippen MR) is 42.6 cm³/mol. The standard InChI is InChI=1S/C9H7FN2O/c10-9-8(13-7-1-2-7)3-6(4-11)5-12-9/h3,5,7H,1-2H2. The molecule has 0 N–H and O–H groups in total. The van der Waals surface area contributed by atoms with Crippen LogP contribution in [-0.4, -0.2) is 11.1 Å². The van der Waals surface area contributed by atoms with Gasteiger partial charge in [0.1, 0.15) is 6.07 Å². The maximum Gasteiger partial charge on any atom is 0.255 e. The Hall–Kier alpha value is -1.63. The average molecular weight is 178 g/mol. The number of nitrogens with zero attached hydrogens (tertiary/aromatic N) is 2. The molecule has 0 aromatic carbocycles. The molecule has 2 rings (SSSR count). The van der Waals surface area contributed by atoms with Crippen LogP contribution in [0.5, 0.6) is 5.75 Å². The van der Waals surface area contributed by atoms with Crippen molar-refractivity contribution >= 4 is 0 Å². The van der Waals surface area contributed by atoms with Crippen LogP contribution in [0.4, 0.5) is 4.39 Å². The summed E-state index contributed by atoms with van der Waals surface area (Å²) >= 11 is 0. The van der Waals surface area contributed by atoms with E-state index >= 15 is 0 Å². The lowest BCUT2D eigenvalue weighted by Gasteiger charge is -2.03. The van der Waals surface area contributed by atoms with Gasteiger partial charge in [0, 0.05) is 12.3 Å². The number of hydrogen-bond acceptors (Lipinski definition) is 3. The third-order valence-corrected chi connectivity index (χ3v) is 1.75. The largest absolute Gasteiger partial charge is 0.486 e. The second-order valence-corrected chi connectivity index (χ2v) is 2.94. The summed E-state index contributed by atoms with van der Waals surface area (Å²) in [6.07, 6.45) is 3.21. The van der Waals surface area contributed by atoms with Crippen LogP contribution < -0.4 is 4.74 Å². The van der Waals surface area contributed by atoms with Gasteiger partial charge in [0.2, 0.25) is 0 Å². The Labute approximate surface area is 74.8 Å². The second-order valence-electron chi connectivity index (χ2n) is 2.94. The molecule has 4 heteroatoms. The van der Waals surface area contributed by atoms with Crippen LogP contribution in [0, 0.1) is 17.3 Å². The van der Waals surface area contributed by atoms with Crippen LogP contribution in [0.3, 0.4) is 0 Å². The van der Waals surface area contributed by atoms with Crippen molar-refractivity contribution in [3.05, 3.63) is 23.8 Å². The number of hydrogen-bond donors (Lipinski definition) is 0. The lowest BCUT2D eigenvalue weighted by atomic mass is 10.3. The molecule has 1 saturated carbocycles. The van der Waals surface area contributed by atoms with Crippen molar-refractivity contribution in [1.29, 1.82) is 5.26 Å². The van der Waals surface area contributed by atoms with Gasteiger partial charge in [0.15, 0.2) is 5.75 Å². The van der Waals surface area contributed by atoms with Crippen LogP contribution in [0.1, 0.15) is 18.4 Å². The van der Waals surface area contributed by atoms with Crippen LogP contribution in [0.2, 0.25) is 0 Å². The number of ether oxygens (including phenoxy) is 1. The summed E-state index contributed by atoms with van der Waals surface area (Å²) in [6, 6.07) is 3.25. The van der Waals surface area contributed by atoms with E-state index in [1.165, 1.54) is 12.3 Å². The Morgan fingerprint density at radius 2 is 2.38 bits per heavy atom. The lowest BCUT2D eigenvalue weighted by molar-refractivity contribution is 0.283. The molecule has 0 unspecified atom stereocenters. The summed E-state index contributed by atoms with van der Waals surface area (Å²) in [7, 11) is 0. The van der Waals surface area contributed by atoms with E-state index in [-0.39, 0.29) is 11.9 Å². The van der Waals surface area contributed by atoms with Crippen LogP contribution in [-0.2, 0) is 0 Å². The van der Waals surface area contributed by atoms with E-state index in [4.69, 9.17) is 10.00 Å². The molecule has 1 fully saturated rings. The maximum absolute atomic E-state index is 12.9. The van der Waals surface area contributed by atoms with E-state index in [9.17, 15) is 4.39 Å². The summed E-state index contributed by atoms with van der Waals surface area (Å²) < 4.78 is 18.2. The van der Waals surface area contributed by atoms with E-state index < -0.39 is 5.95 Å². The summed E-state index contributed by atoms with van der Waals surface area (Å²) in [6.45, 7) is 0. The Morgan fingerprint density at radius 1 is 1.62 bits per heavy atom. The van der Waals surface area contributed by atoms with Crippen molar-refractivity contribution in [1.82, 2.24) is 4.98 Å². The van der Waals surface area contributed by atoms with Gasteiger partial charge in [-0.05, 0) is 12.8 Å². The molecule has 1 aliphatic rings. The highest BCUT2D eigenvalue weighted by atomic mass is 19.1. The third-order valence-electron chi connectivity index (χ3n) is 1.75. The molecule has 0 bridgehead atoms. The predicted octanol–water partition coefficient (Wildman–Crippen LogP) is 1.63. The number of aromatic nitrogens is 1. The minimum Gasteiger partial charge on any atom is -0.486 e. The Morgan fingerprint density at radius 3 is 3.00 bits per heavy atom. The monoisotopic (exact) mass is 178 g/mol. The first-order chi connectivity index (χ1) is 6.29. The molecule has 0 amide bonds. The maximum atomic E-state index is 12.9. The first-order valence-corrected chi connectivity index (χ1v) is 4.02. The summed E-state index contributed by atoms with van der Waals surface area (Å²) in [4.78, 5) is 3.42. The molecule has 0 radical (unpaired) electrons. The zero-order valence-electron chi connectivity index (χ0n) is 6.83. The van der Waals surface area contributed by atoms with E-state index in [2.05, 4.69) is 4.98 Å². The van der Waals surface area contributed by atoms with Gasteiger partial charge in [-0.25, -0.2) is 4.98 Å². The van der Waals surface area contributed by atoms with E-state index in [0.717, 1.165) is 12.8 Å². The highest BCUT2D eigenvalue weighted by molar-refractivity contribution is 5.33. The molecule has 0 saturated heterocycles. The van der Waals surface area contributed by atoms with Crippen molar-refractivity contribution < 1.29 is 9.13 Å². The minimum atomic E-state index is -0.647. The fraction of sp³-hybridized carbons (Fsp3) is 0.333. The van der Waals surface area contributed by atoms with Gasteiger partial charge >= 0.3 is 0 Å². The second kappa shape index (κ2) is 3.02. The van der Waals surface area contributed by atoms with Crippen molar-refractivity contribution in [3.63, 3.8) is 0 Å². The van der Waals surface area contributed by atoms with Gasteiger partial charge in [-0.3, -0.25) is 0 Å². The average Bonchev–Trinajstić information content (AvgIpc) is 2.93. The number of nitriles is 1. The first kappa shape index (κ1) is 7.99. The molecular weight excluding hydrogens is 171 g/mol. The van der Waals surface area contributed by atoms with E-state index in [1.54, 1.807) is 0 Å². The quantitative estimate of drug-likeness (QED) is 0.646. The van der Waals surface area contributed by atoms with Gasteiger partial charge in [0.05, 0.1) is 11.7 Å². The number of pyridine rings is 1. The zero-order valence-corrected chi connectivity index (χ0v) is 6.83. The van der Waals surface area contributed by atoms with Gasteiger partial charge < -0.3 is 4.74 Å². The van der Waals surface area contributed by atoms with Crippen molar-refractivity contribution in [2.24, 2.45) is 0 Å². The van der Waals surface area contributed by atoms with Gasteiger partial charge in [0.25, 0.3) is 5.95 Å². The molecule has 1 aromatic rings. The minimum absolute atomic E-state index is 0.0848. The highest BCUT2D eigenvalue weighted by Crippen LogP contribution is 2.28. The smallest absolute Gasteiger partial charge is 0.255 e. The van der Waals surface area contributed by atoms with Crippen LogP contribution >= 0.6 is 0 Å². The number of rotatable bonds is 2. The van der Waals surface area contributed by atoms with Crippen LogP contribution in [0.25, 0.3) is 0 Å². The summed E-state index contributed by atoms with van der Waals surface area (Å²) in [5, 5.41) is 8.53. The third kappa shape index (κ3) is 1.75. The first-order valence-electron chi connectivity index (χ1n) is 4.02. The summed E-state index contributed by atoms with van der Waals surface area (Å²) in [5.41, 5.74) is 0.317. The summed E-state index contributed by atoms with van der Waals surface area (Å²) in [5.74, 6) is -0.563. The molecule has 1 aliphatic carbocycles. The Bertz CT molecular complexity index is 368. The Kier molecular flexibility index (Phi) is 1.85. The molecule has 66 valence electrons. The normalized spacial score (nSPS) is 15.1. The molecule has 13 heavy (non-hydrogen) atoms. The number of halogens is 1. The van der Waals surface area contributed by atoms with E-state index in [0.29, 0.717) is 5.56 Å². The molecule has 3 nitrogen and oxygen atoms in total. The fourth-order valence-electron chi connectivity index (χ4n) is 0.937. The Balaban J connectivity index is 2.25. The van der Waals surface area contributed by atoms with Crippen LogP contribution in [0.15, 0.2) is 12.3 Å². The molecule has 0 aliphatic heterocycles. The molecule has 1 aromatic heterocycles. The molecule has 0 atom stereocenters. The zero-order chi connectivity index (χ0) is 9.26. The lowest BCUT2D eigenvalue weighted by Crippen LogP contribution is -2.00. The topological polar surface area (TPSA) is 45.9 Å². The van der Waals surface area contributed by atoms with Crippen molar-refractivity contribution in [2.45, 2.75) is 18.9 Å². The van der Waals surface area contributed by atoms with Gasteiger partial charge in [-0.2, -0.15) is 9.65 Å². The van der Waals surface area contributed by atoms with E-state index in [1.807, 2.05) is 6.07 Å². The molecule has 1 heterocycles. The van der Waals surface area contributed by atoms with Crippen molar-refractivity contribution in [2.75, 3.05) is 0 Å². The molecule has 0 spiro atoms. The van der Waals surface area contributed by atoms with Gasteiger partial charge in [-0.15, -0.1) is 0 Å². The van der Waals surface area contributed by atoms with Crippen molar-refractivity contribution in [3.8, 4) is 11.8 Å². The SMILES string of the molecule is N#Cc1cnc(F)c(OC2CC2)c1. The van der Waals surface area contributed by atoms with Gasteiger partial charge in [-0.1, -0.05) is 0 Å². The fourth-order valence-corrected chi connectivity index (χ4v) is 0.937. The highest BCUT2D eigenvalue weighted by Gasteiger charge is 2.25. The molecular formula is C9H7FN2O.